The molecule has 1 N–H and O–H groups in total. The Bertz CT molecular complexity index is 1170. The van der Waals surface area contributed by atoms with E-state index in [9.17, 15) is 13.2 Å². The molecule has 3 aromatic heterocycles. The van der Waals surface area contributed by atoms with Gasteiger partial charge in [-0.15, -0.1) is 0 Å². The van der Waals surface area contributed by atoms with Gasteiger partial charge in [-0.2, -0.15) is 0 Å². The van der Waals surface area contributed by atoms with Crippen LogP contribution in [0.1, 0.15) is 24.0 Å². The summed E-state index contributed by atoms with van der Waals surface area (Å²) in [6.07, 6.45) is 8.40. The number of aryl methyl sites for hydroxylation is 1. The number of sulfone groups is 1. The fourth-order valence-corrected chi connectivity index (χ4v) is 3.98. The maximum absolute atomic E-state index is 12.2. The molecule has 4 rings (SSSR count). The van der Waals surface area contributed by atoms with E-state index in [1.165, 1.54) is 6.26 Å². The van der Waals surface area contributed by atoms with Crippen molar-refractivity contribution in [2.75, 3.05) is 12.9 Å². The van der Waals surface area contributed by atoms with Gasteiger partial charge in [0.05, 0.1) is 23.6 Å². The Morgan fingerprint density at radius 1 is 1.33 bits per heavy atom. The van der Waals surface area contributed by atoms with E-state index in [-0.39, 0.29) is 11.3 Å². The summed E-state index contributed by atoms with van der Waals surface area (Å²) in [5.41, 5.74) is 3.22. The predicted molar refractivity (Wildman–Crippen MR) is 103 cm³/mol. The van der Waals surface area contributed by atoms with Crippen LogP contribution < -0.4 is 10.3 Å². The van der Waals surface area contributed by atoms with Crippen molar-refractivity contribution in [3.05, 3.63) is 52.2 Å². The molecule has 7 nitrogen and oxygen atoms in total. The molecule has 0 saturated heterocycles. The minimum atomic E-state index is -3.19. The minimum absolute atomic E-state index is 0.0984. The van der Waals surface area contributed by atoms with Gasteiger partial charge in [0, 0.05) is 24.8 Å². The summed E-state index contributed by atoms with van der Waals surface area (Å²) in [7, 11) is -3.19. The molecule has 142 valence electrons. The molecule has 1 saturated carbocycles. The van der Waals surface area contributed by atoms with Gasteiger partial charge in [-0.25, -0.2) is 13.4 Å². The van der Waals surface area contributed by atoms with Crippen molar-refractivity contribution in [2.24, 2.45) is 5.92 Å². The van der Waals surface area contributed by atoms with Crippen LogP contribution in [0.15, 0.2) is 35.5 Å². The van der Waals surface area contributed by atoms with E-state index in [0.29, 0.717) is 35.0 Å². The van der Waals surface area contributed by atoms with Crippen molar-refractivity contribution in [3.63, 3.8) is 0 Å². The van der Waals surface area contributed by atoms with Gasteiger partial charge in [-0.05, 0) is 48.9 Å². The highest BCUT2D eigenvalue weighted by atomic mass is 32.2. The highest BCUT2D eigenvalue weighted by Gasteiger charge is 2.24. The zero-order valence-electron chi connectivity index (χ0n) is 15.2. The molecule has 0 spiro atoms. The van der Waals surface area contributed by atoms with Crippen molar-refractivity contribution in [2.45, 2.75) is 25.5 Å². The van der Waals surface area contributed by atoms with Crippen LogP contribution in [0.5, 0.6) is 5.88 Å². The molecule has 3 heterocycles. The molecule has 0 aromatic carbocycles. The van der Waals surface area contributed by atoms with Crippen LogP contribution in [-0.2, 0) is 15.6 Å². The third-order valence-corrected chi connectivity index (χ3v) is 5.50. The number of ether oxygens (including phenoxy) is 1. The summed E-state index contributed by atoms with van der Waals surface area (Å²) < 4.78 is 31.1. The lowest BCUT2D eigenvalue weighted by atomic mass is 10.1. The van der Waals surface area contributed by atoms with Gasteiger partial charge < -0.3 is 14.1 Å². The summed E-state index contributed by atoms with van der Waals surface area (Å²) in [5.74, 6) is 0.918. The second kappa shape index (κ2) is 6.53. The Morgan fingerprint density at radius 3 is 2.81 bits per heavy atom. The Morgan fingerprint density at radius 2 is 2.11 bits per heavy atom. The molecule has 0 unspecified atom stereocenters. The molecule has 1 aliphatic carbocycles. The lowest BCUT2D eigenvalue weighted by Crippen LogP contribution is -2.09. The van der Waals surface area contributed by atoms with Gasteiger partial charge in [0.2, 0.25) is 5.88 Å². The molecule has 0 amide bonds. The van der Waals surface area contributed by atoms with Crippen molar-refractivity contribution < 1.29 is 13.2 Å². The number of hydrogen-bond acceptors (Lipinski definition) is 5. The predicted octanol–water partition coefficient (Wildman–Crippen LogP) is 2.33. The molecule has 3 aromatic rings. The molecule has 27 heavy (non-hydrogen) atoms. The number of pyridine rings is 1. The Hall–Kier alpha value is -2.61. The monoisotopic (exact) mass is 387 g/mol. The fourth-order valence-electron chi connectivity index (χ4n) is 3.22. The van der Waals surface area contributed by atoms with Crippen molar-refractivity contribution in [3.8, 4) is 17.1 Å². The number of hydrogen-bond donors (Lipinski definition) is 1. The quantitative estimate of drug-likeness (QED) is 0.701. The van der Waals surface area contributed by atoms with Gasteiger partial charge >= 0.3 is 0 Å². The Labute approximate surface area is 156 Å². The minimum Gasteiger partial charge on any atom is -0.477 e. The first-order valence-electron chi connectivity index (χ1n) is 8.81. The molecule has 1 fully saturated rings. The third kappa shape index (κ3) is 3.75. The van der Waals surface area contributed by atoms with Crippen molar-refractivity contribution >= 4 is 15.4 Å². The van der Waals surface area contributed by atoms with Gasteiger partial charge in [0.1, 0.15) is 5.52 Å². The smallest absolute Gasteiger partial charge is 0.272 e. The number of aromatic amines is 1. The molecule has 0 aliphatic heterocycles. The zero-order chi connectivity index (χ0) is 19.2. The van der Waals surface area contributed by atoms with E-state index >= 15 is 0 Å². The summed E-state index contributed by atoms with van der Waals surface area (Å²) >= 11 is 0. The summed E-state index contributed by atoms with van der Waals surface area (Å²) in [6, 6.07) is 3.69. The molecular formula is C19H21N3O4S. The van der Waals surface area contributed by atoms with E-state index in [1.807, 2.05) is 13.0 Å². The van der Waals surface area contributed by atoms with Gasteiger partial charge in [0.15, 0.2) is 9.84 Å². The third-order valence-electron chi connectivity index (χ3n) is 4.65. The van der Waals surface area contributed by atoms with Crippen molar-refractivity contribution in [1.29, 1.82) is 0 Å². The SMILES string of the molecule is Cc1cc(-c2cc(CS(C)(=O)=O)cnc2OCC2CC2)n2cc[nH]c(=O)c12. The first-order valence-corrected chi connectivity index (χ1v) is 10.9. The zero-order valence-corrected chi connectivity index (χ0v) is 16.0. The first-order chi connectivity index (χ1) is 12.8. The average molecular weight is 387 g/mol. The highest BCUT2D eigenvalue weighted by Crippen LogP contribution is 2.34. The number of nitrogens with one attached hydrogen (secondary N) is 1. The fraction of sp³-hybridized carbons (Fsp3) is 0.368. The van der Waals surface area contributed by atoms with Crippen LogP contribution in [0.2, 0.25) is 0 Å². The van der Waals surface area contributed by atoms with E-state index in [0.717, 1.165) is 24.1 Å². The lowest BCUT2D eigenvalue weighted by molar-refractivity contribution is 0.289. The maximum atomic E-state index is 12.2. The molecule has 8 heteroatoms. The summed E-state index contributed by atoms with van der Waals surface area (Å²) in [6.45, 7) is 2.46. The first kappa shape index (κ1) is 17.8. The van der Waals surface area contributed by atoms with E-state index < -0.39 is 9.84 Å². The molecule has 0 atom stereocenters. The van der Waals surface area contributed by atoms with Gasteiger partial charge in [-0.3, -0.25) is 4.79 Å². The maximum Gasteiger partial charge on any atom is 0.272 e. The van der Waals surface area contributed by atoms with E-state index in [1.54, 1.807) is 29.1 Å². The highest BCUT2D eigenvalue weighted by molar-refractivity contribution is 7.89. The number of H-pyrrole nitrogens is 1. The lowest BCUT2D eigenvalue weighted by Gasteiger charge is -2.12. The normalized spacial score (nSPS) is 14.6. The van der Waals surface area contributed by atoms with Gasteiger partial charge in [-0.1, -0.05) is 0 Å². The van der Waals surface area contributed by atoms with Crippen molar-refractivity contribution in [1.82, 2.24) is 14.4 Å². The van der Waals surface area contributed by atoms with E-state index in [2.05, 4.69) is 9.97 Å². The molecular weight excluding hydrogens is 366 g/mol. The number of rotatable bonds is 6. The topological polar surface area (TPSA) is 93.5 Å². The van der Waals surface area contributed by atoms with Crippen LogP contribution in [-0.4, -0.2) is 35.6 Å². The Balaban J connectivity index is 1.87. The molecule has 0 bridgehead atoms. The number of aromatic nitrogens is 3. The second-order valence-electron chi connectivity index (χ2n) is 7.24. The molecule has 0 radical (unpaired) electrons. The number of nitrogens with zero attached hydrogens (tertiary/aromatic N) is 2. The van der Waals surface area contributed by atoms with Crippen LogP contribution in [0.3, 0.4) is 0 Å². The standard InChI is InChI=1S/C19H21N3O4S/c1-12-7-16(22-6-5-20-18(23)17(12)22)15-8-14(11-27(2,24)25)9-21-19(15)26-10-13-3-4-13/h5-9,13H,3-4,10-11H2,1-2H3,(H,20,23). The summed E-state index contributed by atoms with van der Waals surface area (Å²) in [4.78, 5) is 19.3. The van der Waals surface area contributed by atoms with Crippen LogP contribution >= 0.6 is 0 Å². The molecule has 1 aliphatic rings. The number of fused-ring (bicyclic) bond motifs is 1. The summed E-state index contributed by atoms with van der Waals surface area (Å²) in [5, 5.41) is 0. The van der Waals surface area contributed by atoms with Crippen LogP contribution in [0.4, 0.5) is 0 Å². The van der Waals surface area contributed by atoms with Gasteiger partial charge in [0.25, 0.3) is 5.56 Å². The average Bonchev–Trinajstić information content (AvgIpc) is 3.35. The largest absolute Gasteiger partial charge is 0.477 e. The van der Waals surface area contributed by atoms with Crippen LogP contribution in [0.25, 0.3) is 16.8 Å². The Kier molecular flexibility index (Phi) is 4.30. The second-order valence-corrected chi connectivity index (χ2v) is 9.38. The van der Waals surface area contributed by atoms with E-state index in [4.69, 9.17) is 4.74 Å². The van der Waals surface area contributed by atoms with Crippen LogP contribution in [0, 0.1) is 12.8 Å².